The number of nitrogens with one attached hydrogen (secondary N) is 1. The summed E-state index contributed by atoms with van der Waals surface area (Å²) in [5.74, 6) is -1.71. The molecule has 0 bridgehead atoms. The Morgan fingerprint density at radius 2 is 1.84 bits per heavy atom. The first-order chi connectivity index (χ1) is 17.2. The van der Waals surface area contributed by atoms with Crippen LogP contribution in [0.1, 0.15) is 81.3 Å². The number of aliphatic hydroxyl groups is 1. The van der Waals surface area contributed by atoms with Crippen molar-refractivity contribution in [2.24, 2.45) is 5.14 Å². The fraction of sp³-hybridized carbons (Fsp3) is 0.370. The molecule has 0 aliphatic carbocycles. The number of aromatic nitrogens is 2. The topological polar surface area (TPSA) is 134 Å². The third-order valence-corrected chi connectivity index (χ3v) is 7.54. The lowest BCUT2D eigenvalue weighted by atomic mass is 9.85. The van der Waals surface area contributed by atoms with Crippen LogP contribution in [0.2, 0.25) is 0 Å². The zero-order chi connectivity index (χ0) is 27.7. The van der Waals surface area contributed by atoms with Crippen LogP contribution in [0.25, 0.3) is 5.69 Å². The average molecular weight is 528 g/mol. The summed E-state index contributed by atoms with van der Waals surface area (Å²) in [5, 5.41) is 30.5. The van der Waals surface area contributed by atoms with Crippen LogP contribution in [-0.2, 0) is 27.1 Å². The number of nitrogens with two attached hydrogens (primary N) is 1. The first-order valence-corrected chi connectivity index (χ1v) is 13.8. The minimum absolute atomic E-state index is 0.0772. The summed E-state index contributed by atoms with van der Waals surface area (Å²) in [6, 6.07) is 13.7. The largest absolute Gasteiger partial charge is 0.384 e. The highest BCUT2D eigenvalue weighted by molar-refractivity contribution is 7.99. The van der Waals surface area contributed by atoms with E-state index in [4.69, 9.17) is 5.14 Å². The Balaban J connectivity index is 2.01. The van der Waals surface area contributed by atoms with E-state index in [2.05, 4.69) is 9.82 Å². The van der Waals surface area contributed by atoms with Gasteiger partial charge >= 0.3 is 0 Å². The van der Waals surface area contributed by atoms with Crippen LogP contribution >= 0.6 is 0 Å². The predicted octanol–water partition coefficient (Wildman–Crippen LogP) is 3.88. The van der Waals surface area contributed by atoms with E-state index in [1.807, 2.05) is 26.0 Å². The van der Waals surface area contributed by atoms with E-state index in [0.717, 1.165) is 0 Å². The summed E-state index contributed by atoms with van der Waals surface area (Å²) in [4.78, 5) is 13.1. The SMILES string of the molecule is CC(C)c1cc(C#N)c(F)c(C(C)C)c1CC(=O)N[SH](N)(=O)c1cc(C(C)(C)O)n(-c2ccccc2)n1. The van der Waals surface area contributed by atoms with E-state index < -0.39 is 27.6 Å². The number of hydrogen-bond donors (Lipinski definition) is 4. The molecule has 0 saturated heterocycles. The standard InChI is InChI=1S/C27H34FN5O3S/c1-16(2)20-12-18(15-29)26(28)25(17(3)4)21(20)13-23(34)32-37(30,36)24-14-22(27(5,6)35)33(31-24)19-10-8-7-9-11-19/h7-12,14,16-17,35,37H,13H2,1-6H3,(H3,30,32,34,36). The summed E-state index contributed by atoms with van der Waals surface area (Å²) < 4.78 is 32.5. The van der Waals surface area contributed by atoms with Gasteiger partial charge in [-0.3, -0.25) is 14.7 Å². The average Bonchev–Trinajstić information content (AvgIpc) is 3.26. The minimum atomic E-state index is -4.03. The molecule has 0 unspecified atom stereocenters. The summed E-state index contributed by atoms with van der Waals surface area (Å²) in [6.07, 6.45) is -0.275. The Bertz CT molecular complexity index is 1400. The zero-order valence-corrected chi connectivity index (χ0v) is 22.8. The van der Waals surface area contributed by atoms with Gasteiger partial charge in [-0.1, -0.05) is 45.9 Å². The van der Waals surface area contributed by atoms with Crippen molar-refractivity contribution in [2.45, 2.75) is 70.4 Å². The molecule has 10 heteroatoms. The van der Waals surface area contributed by atoms with Crippen LogP contribution < -0.4 is 9.86 Å². The van der Waals surface area contributed by atoms with Crippen LogP contribution in [0.15, 0.2) is 47.5 Å². The molecule has 3 aromatic rings. The fourth-order valence-corrected chi connectivity index (χ4v) is 5.41. The van der Waals surface area contributed by atoms with Gasteiger partial charge in [-0.05, 0) is 60.6 Å². The molecule has 1 amide bonds. The van der Waals surface area contributed by atoms with Gasteiger partial charge in [0.25, 0.3) is 0 Å². The van der Waals surface area contributed by atoms with E-state index in [-0.39, 0.29) is 34.4 Å². The second-order valence-electron chi connectivity index (χ2n) is 10.2. The molecular formula is C27H34FN5O3S. The number of carbonyl (C=O) groups excluding carboxylic acids is 1. The lowest BCUT2D eigenvalue weighted by Crippen LogP contribution is -2.44. The van der Waals surface area contributed by atoms with Crippen LogP contribution in [0.5, 0.6) is 0 Å². The van der Waals surface area contributed by atoms with E-state index in [9.17, 15) is 19.4 Å². The van der Waals surface area contributed by atoms with E-state index in [1.54, 1.807) is 52.0 Å². The van der Waals surface area contributed by atoms with Crippen molar-refractivity contribution in [2.75, 3.05) is 0 Å². The van der Waals surface area contributed by atoms with Crippen molar-refractivity contribution >= 4 is 16.2 Å². The molecule has 0 radical (unpaired) electrons. The lowest BCUT2D eigenvalue weighted by Gasteiger charge is -2.23. The molecule has 0 atom stereocenters. The maximum Gasteiger partial charge on any atom is 0.235 e. The van der Waals surface area contributed by atoms with Crippen LogP contribution in [0.3, 0.4) is 0 Å². The molecule has 3 rings (SSSR count). The van der Waals surface area contributed by atoms with Gasteiger partial charge in [0.15, 0.2) is 5.03 Å². The van der Waals surface area contributed by atoms with Crippen molar-refractivity contribution in [1.82, 2.24) is 14.5 Å². The second-order valence-corrected chi connectivity index (χ2v) is 12.2. The van der Waals surface area contributed by atoms with Crippen molar-refractivity contribution in [3.05, 3.63) is 76.2 Å². The molecule has 0 spiro atoms. The molecule has 37 heavy (non-hydrogen) atoms. The Hall–Kier alpha value is -3.39. The van der Waals surface area contributed by atoms with Crippen molar-refractivity contribution in [1.29, 1.82) is 5.26 Å². The number of benzene rings is 2. The summed E-state index contributed by atoms with van der Waals surface area (Å²) in [7, 11) is -4.03. The van der Waals surface area contributed by atoms with Crippen LogP contribution in [-0.4, -0.2) is 25.0 Å². The van der Waals surface area contributed by atoms with Gasteiger partial charge in [-0.15, -0.1) is 0 Å². The molecule has 198 valence electrons. The molecule has 0 fully saturated rings. The Labute approximate surface area is 218 Å². The Morgan fingerprint density at radius 1 is 1.22 bits per heavy atom. The highest BCUT2D eigenvalue weighted by atomic mass is 32.3. The van der Waals surface area contributed by atoms with E-state index >= 15 is 4.39 Å². The van der Waals surface area contributed by atoms with Crippen molar-refractivity contribution < 1.29 is 18.5 Å². The van der Waals surface area contributed by atoms with Gasteiger partial charge in [0.05, 0.1) is 23.4 Å². The molecule has 0 saturated carbocycles. The maximum atomic E-state index is 15.1. The van der Waals surface area contributed by atoms with Gasteiger partial charge in [0.2, 0.25) is 5.91 Å². The molecule has 4 N–H and O–H groups in total. The van der Waals surface area contributed by atoms with Gasteiger partial charge < -0.3 is 5.11 Å². The maximum absolute atomic E-state index is 15.1. The van der Waals surface area contributed by atoms with Gasteiger partial charge in [-0.2, -0.15) is 10.4 Å². The third kappa shape index (κ3) is 5.96. The van der Waals surface area contributed by atoms with E-state index in [0.29, 0.717) is 22.5 Å². The molecule has 2 aromatic carbocycles. The number of rotatable bonds is 8. The van der Waals surface area contributed by atoms with E-state index in [1.165, 1.54) is 16.8 Å². The minimum Gasteiger partial charge on any atom is -0.384 e. The number of para-hydroxylation sites is 1. The number of thiol groups is 1. The Kier molecular flexibility index (Phi) is 8.03. The second kappa shape index (κ2) is 10.5. The molecule has 1 aromatic heterocycles. The normalized spacial score (nSPS) is 12.6. The number of hydrogen-bond acceptors (Lipinski definition) is 5. The molecule has 0 aliphatic heterocycles. The monoisotopic (exact) mass is 527 g/mol. The molecule has 0 aliphatic rings. The quantitative estimate of drug-likeness (QED) is 0.330. The van der Waals surface area contributed by atoms with Crippen molar-refractivity contribution in [3.63, 3.8) is 0 Å². The predicted molar refractivity (Wildman–Crippen MR) is 142 cm³/mol. The van der Waals surface area contributed by atoms with Crippen molar-refractivity contribution in [3.8, 4) is 11.8 Å². The number of nitriles is 1. The highest BCUT2D eigenvalue weighted by Gasteiger charge is 2.29. The number of amides is 1. The summed E-state index contributed by atoms with van der Waals surface area (Å²) in [5.41, 5.74) is 0.936. The fourth-order valence-electron chi connectivity index (χ4n) is 4.31. The third-order valence-electron chi connectivity index (χ3n) is 6.06. The molecule has 1 heterocycles. The summed E-state index contributed by atoms with van der Waals surface area (Å²) in [6.45, 7) is 10.5. The zero-order valence-electron chi connectivity index (χ0n) is 21.9. The highest BCUT2D eigenvalue weighted by Crippen LogP contribution is 2.33. The van der Waals surface area contributed by atoms with Gasteiger partial charge in [0, 0.05) is 16.4 Å². The Morgan fingerprint density at radius 3 is 2.35 bits per heavy atom. The lowest BCUT2D eigenvalue weighted by molar-refractivity contribution is -0.118. The number of nitrogens with zero attached hydrogens (tertiary/aromatic N) is 3. The van der Waals surface area contributed by atoms with Gasteiger partial charge in [0.1, 0.15) is 17.5 Å². The number of carbonyl (C=O) groups is 1. The molecular weight excluding hydrogens is 493 g/mol. The summed E-state index contributed by atoms with van der Waals surface area (Å²) >= 11 is 0. The van der Waals surface area contributed by atoms with Crippen LogP contribution in [0, 0.1) is 17.1 Å². The smallest absolute Gasteiger partial charge is 0.235 e. The van der Waals surface area contributed by atoms with Crippen LogP contribution in [0.4, 0.5) is 4.39 Å². The van der Waals surface area contributed by atoms with Gasteiger partial charge in [-0.25, -0.2) is 13.3 Å². The first-order valence-electron chi connectivity index (χ1n) is 12.0. The molecule has 8 nitrogen and oxygen atoms in total. The number of halogens is 1. The first kappa shape index (κ1) is 28.2.